The average Bonchev–Trinajstić information content (AvgIpc) is 2.41. The molecule has 1 aromatic carbocycles. The van der Waals surface area contributed by atoms with Gasteiger partial charge in [0, 0.05) is 31.0 Å². The Kier molecular flexibility index (Phi) is 3.89. The molecule has 0 saturated heterocycles. The van der Waals surface area contributed by atoms with Crippen LogP contribution in [-0.2, 0) is 6.54 Å². The van der Waals surface area contributed by atoms with Gasteiger partial charge in [-0.2, -0.15) is 0 Å². The van der Waals surface area contributed by atoms with Gasteiger partial charge in [-0.3, -0.25) is 4.79 Å². The number of nitrogens with zero attached hydrogens (tertiary/aromatic N) is 3. The van der Waals surface area contributed by atoms with E-state index in [-0.39, 0.29) is 0 Å². The summed E-state index contributed by atoms with van der Waals surface area (Å²) in [7, 11) is 1.89. The molecule has 0 aliphatic carbocycles. The quantitative estimate of drug-likeness (QED) is 0.794. The van der Waals surface area contributed by atoms with Crippen LogP contribution in [0.1, 0.15) is 15.9 Å². The molecule has 1 heterocycles. The highest BCUT2D eigenvalue weighted by Gasteiger charge is 2.05. The molecule has 0 spiro atoms. The van der Waals surface area contributed by atoms with Gasteiger partial charge in [0.25, 0.3) is 0 Å². The summed E-state index contributed by atoms with van der Waals surface area (Å²) in [6.07, 6.45) is 3.74. The first-order valence-corrected chi connectivity index (χ1v) is 5.79. The van der Waals surface area contributed by atoms with Crippen molar-refractivity contribution in [2.45, 2.75) is 6.54 Å². The summed E-state index contributed by atoms with van der Waals surface area (Å²) >= 11 is 5.83. The average molecular weight is 262 g/mol. The molecule has 0 amide bonds. The Morgan fingerprint density at radius 3 is 2.39 bits per heavy atom. The molecule has 0 unspecified atom stereocenters. The lowest BCUT2D eigenvalue weighted by molar-refractivity contribution is 0.112. The van der Waals surface area contributed by atoms with Crippen molar-refractivity contribution in [2.24, 2.45) is 0 Å². The third-order valence-corrected chi connectivity index (χ3v) is 2.72. The second-order valence-electron chi connectivity index (χ2n) is 3.92. The summed E-state index contributed by atoms with van der Waals surface area (Å²) in [5.41, 5.74) is 1.59. The molecule has 0 aliphatic rings. The first kappa shape index (κ1) is 12.5. The number of anilines is 1. The lowest BCUT2D eigenvalue weighted by atomic mass is 10.2. The molecule has 1 aromatic heterocycles. The number of aromatic nitrogens is 2. The third-order valence-electron chi connectivity index (χ3n) is 2.47. The molecule has 18 heavy (non-hydrogen) atoms. The van der Waals surface area contributed by atoms with Crippen molar-refractivity contribution in [1.29, 1.82) is 0 Å². The Hall–Kier alpha value is -1.94. The van der Waals surface area contributed by atoms with Crippen molar-refractivity contribution in [1.82, 2.24) is 9.97 Å². The molecule has 4 nitrogen and oxygen atoms in total. The Morgan fingerprint density at radius 1 is 1.22 bits per heavy atom. The number of aldehydes is 1. The Morgan fingerprint density at radius 2 is 1.83 bits per heavy atom. The molecule has 0 atom stereocenters. The molecule has 0 radical (unpaired) electrons. The topological polar surface area (TPSA) is 46.1 Å². The van der Waals surface area contributed by atoms with Gasteiger partial charge in [0.05, 0.1) is 5.56 Å². The number of carbonyl (C=O) groups excluding carboxylic acids is 1. The van der Waals surface area contributed by atoms with E-state index in [2.05, 4.69) is 9.97 Å². The van der Waals surface area contributed by atoms with Gasteiger partial charge in [-0.1, -0.05) is 23.7 Å². The van der Waals surface area contributed by atoms with Crippen LogP contribution in [0.2, 0.25) is 5.02 Å². The Balaban J connectivity index is 2.08. The second-order valence-corrected chi connectivity index (χ2v) is 4.35. The molecule has 0 saturated carbocycles. The normalized spacial score (nSPS) is 10.1. The summed E-state index contributed by atoms with van der Waals surface area (Å²) in [6, 6.07) is 7.61. The summed E-state index contributed by atoms with van der Waals surface area (Å²) in [5, 5.41) is 0.716. The van der Waals surface area contributed by atoms with Crippen molar-refractivity contribution >= 4 is 23.8 Å². The highest BCUT2D eigenvalue weighted by Crippen LogP contribution is 2.13. The molecular weight excluding hydrogens is 250 g/mol. The van der Waals surface area contributed by atoms with Crippen LogP contribution in [0.4, 0.5) is 5.95 Å². The minimum absolute atomic E-state index is 0.471. The SMILES string of the molecule is CN(Cc1ccc(Cl)cc1)c1ncc(C=O)cn1. The van der Waals surface area contributed by atoms with Crippen molar-refractivity contribution in [2.75, 3.05) is 11.9 Å². The predicted octanol–water partition coefficient (Wildman–Crippen LogP) is 2.58. The van der Waals surface area contributed by atoms with Gasteiger partial charge in [-0.05, 0) is 17.7 Å². The van der Waals surface area contributed by atoms with E-state index in [0.29, 0.717) is 23.1 Å². The molecule has 0 N–H and O–H groups in total. The Bertz CT molecular complexity index is 525. The van der Waals surface area contributed by atoms with Crippen molar-refractivity contribution in [3.8, 4) is 0 Å². The summed E-state index contributed by atoms with van der Waals surface area (Å²) in [6.45, 7) is 0.678. The van der Waals surface area contributed by atoms with E-state index in [9.17, 15) is 4.79 Å². The van der Waals surface area contributed by atoms with Crippen molar-refractivity contribution in [3.05, 3.63) is 52.8 Å². The highest BCUT2D eigenvalue weighted by atomic mass is 35.5. The molecule has 0 fully saturated rings. The summed E-state index contributed by atoms with van der Waals surface area (Å²) < 4.78 is 0. The minimum Gasteiger partial charge on any atom is -0.340 e. The first-order valence-electron chi connectivity index (χ1n) is 5.42. The van der Waals surface area contributed by atoms with Crippen LogP contribution in [0.15, 0.2) is 36.7 Å². The van der Waals surface area contributed by atoms with Crippen molar-refractivity contribution in [3.63, 3.8) is 0 Å². The Labute approximate surface area is 110 Å². The number of benzene rings is 1. The monoisotopic (exact) mass is 261 g/mol. The van der Waals surface area contributed by atoms with Crippen LogP contribution < -0.4 is 4.90 Å². The van der Waals surface area contributed by atoms with Crippen LogP contribution in [0.25, 0.3) is 0 Å². The molecule has 0 bridgehead atoms. The fourth-order valence-corrected chi connectivity index (χ4v) is 1.65. The summed E-state index contributed by atoms with van der Waals surface area (Å²) in [5.74, 6) is 0.579. The molecular formula is C13H12ClN3O. The smallest absolute Gasteiger partial charge is 0.225 e. The van der Waals surface area contributed by atoms with Crippen LogP contribution in [-0.4, -0.2) is 23.3 Å². The molecule has 2 rings (SSSR count). The zero-order valence-electron chi connectivity index (χ0n) is 9.88. The minimum atomic E-state index is 0.471. The maximum absolute atomic E-state index is 10.5. The van der Waals surface area contributed by atoms with E-state index < -0.39 is 0 Å². The number of hydrogen-bond donors (Lipinski definition) is 0. The van der Waals surface area contributed by atoms with Crippen LogP contribution in [0.3, 0.4) is 0 Å². The lowest BCUT2D eigenvalue weighted by Gasteiger charge is -2.16. The van der Waals surface area contributed by atoms with E-state index >= 15 is 0 Å². The van der Waals surface area contributed by atoms with Gasteiger partial charge in [0.2, 0.25) is 5.95 Å². The van der Waals surface area contributed by atoms with Crippen molar-refractivity contribution < 1.29 is 4.79 Å². The second kappa shape index (κ2) is 5.60. The summed E-state index contributed by atoms with van der Waals surface area (Å²) in [4.78, 5) is 20.6. The van der Waals surface area contributed by atoms with Gasteiger partial charge in [0.1, 0.15) is 0 Å². The molecule has 92 valence electrons. The maximum Gasteiger partial charge on any atom is 0.225 e. The number of rotatable bonds is 4. The van der Waals surface area contributed by atoms with E-state index in [1.165, 1.54) is 12.4 Å². The van der Waals surface area contributed by atoms with E-state index in [0.717, 1.165) is 11.8 Å². The fraction of sp³-hybridized carbons (Fsp3) is 0.154. The standard InChI is InChI=1S/C13H12ClN3O/c1-17(8-10-2-4-12(14)5-3-10)13-15-6-11(9-18)7-16-13/h2-7,9H,8H2,1H3. The number of hydrogen-bond acceptors (Lipinski definition) is 4. The molecule has 2 aromatic rings. The number of halogens is 1. The van der Waals surface area contributed by atoms with Gasteiger partial charge < -0.3 is 4.90 Å². The molecule has 0 aliphatic heterocycles. The van der Waals surface area contributed by atoms with E-state index in [4.69, 9.17) is 11.6 Å². The van der Waals surface area contributed by atoms with E-state index in [1.807, 2.05) is 36.2 Å². The zero-order valence-corrected chi connectivity index (χ0v) is 10.6. The largest absolute Gasteiger partial charge is 0.340 e. The highest BCUT2D eigenvalue weighted by molar-refractivity contribution is 6.30. The third kappa shape index (κ3) is 3.05. The zero-order chi connectivity index (χ0) is 13.0. The first-order chi connectivity index (χ1) is 8.69. The maximum atomic E-state index is 10.5. The predicted molar refractivity (Wildman–Crippen MR) is 71.0 cm³/mol. The van der Waals surface area contributed by atoms with Gasteiger partial charge in [-0.15, -0.1) is 0 Å². The number of carbonyl (C=O) groups is 1. The fourth-order valence-electron chi connectivity index (χ4n) is 1.52. The van der Waals surface area contributed by atoms with Crippen LogP contribution >= 0.6 is 11.6 Å². The van der Waals surface area contributed by atoms with Gasteiger partial charge in [0.15, 0.2) is 6.29 Å². The lowest BCUT2D eigenvalue weighted by Crippen LogP contribution is -2.19. The van der Waals surface area contributed by atoms with E-state index in [1.54, 1.807) is 0 Å². The van der Waals surface area contributed by atoms with Gasteiger partial charge in [-0.25, -0.2) is 9.97 Å². The van der Waals surface area contributed by atoms with Crippen LogP contribution in [0.5, 0.6) is 0 Å². The van der Waals surface area contributed by atoms with Gasteiger partial charge >= 0.3 is 0 Å². The molecule has 5 heteroatoms. The van der Waals surface area contributed by atoms with Crippen LogP contribution in [0, 0.1) is 0 Å².